The number of aromatic nitrogens is 3. The average molecular weight is 484 g/mol. The van der Waals surface area contributed by atoms with Crippen molar-refractivity contribution in [2.75, 3.05) is 25.0 Å². The fourth-order valence-corrected chi connectivity index (χ4v) is 4.28. The van der Waals surface area contributed by atoms with Gasteiger partial charge < -0.3 is 20.1 Å². The Hall–Kier alpha value is -4.33. The van der Waals surface area contributed by atoms with E-state index < -0.39 is 0 Å². The van der Waals surface area contributed by atoms with Gasteiger partial charge in [-0.25, -0.2) is 4.98 Å². The van der Waals surface area contributed by atoms with E-state index in [1.165, 1.54) is 0 Å². The molecule has 2 aromatic heterocycles. The number of pyridine rings is 1. The first kappa shape index (κ1) is 23.4. The van der Waals surface area contributed by atoms with Gasteiger partial charge in [0.2, 0.25) is 11.8 Å². The molecule has 8 nitrogen and oxygen atoms in total. The summed E-state index contributed by atoms with van der Waals surface area (Å²) in [5, 5.41) is 10.6. The van der Waals surface area contributed by atoms with Gasteiger partial charge in [-0.3, -0.25) is 9.48 Å². The number of anilines is 1. The van der Waals surface area contributed by atoms with Crippen molar-refractivity contribution in [3.05, 3.63) is 90.9 Å². The van der Waals surface area contributed by atoms with Gasteiger partial charge in [-0.15, -0.1) is 0 Å². The Kier molecular flexibility index (Phi) is 7.12. The molecule has 1 amide bonds. The minimum atomic E-state index is -0.195. The maximum absolute atomic E-state index is 12.8. The Balaban J connectivity index is 0.000000391. The lowest BCUT2D eigenvalue weighted by Gasteiger charge is -2.28. The summed E-state index contributed by atoms with van der Waals surface area (Å²) in [6, 6.07) is 21.7. The van der Waals surface area contributed by atoms with Crippen LogP contribution in [0.2, 0.25) is 0 Å². The van der Waals surface area contributed by atoms with Gasteiger partial charge in [-0.2, -0.15) is 5.10 Å². The Morgan fingerprint density at radius 3 is 2.61 bits per heavy atom. The van der Waals surface area contributed by atoms with E-state index in [9.17, 15) is 4.79 Å². The Morgan fingerprint density at radius 1 is 1.08 bits per heavy atom. The van der Waals surface area contributed by atoms with Gasteiger partial charge in [-0.1, -0.05) is 54.6 Å². The number of amides is 1. The number of para-hydroxylation sites is 1. The molecular formula is C28H29N5O3. The summed E-state index contributed by atoms with van der Waals surface area (Å²) in [4.78, 5) is 17.2. The van der Waals surface area contributed by atoms with E-state index in [1.54, 1.807) is 17.1 Å². The quantitative estimate of drug-likeness (QED) is 0.456. The van der Waals surface area contributed by atoms with Crippen LogP contribution in [0.5, 0.6) is 11.6 Å². The molecule has 2 aromatic carbocycles. The minimum absolute atomic E-state index is 0.0000293. The predicted molar refractivity (Wildman–Crippen MR) is 138 cm³/mol. The molecule has 36 heavy (non-hydrogen) atoms. The highest BCUT2D eigenvalue weighted by molar-refractivity contribution is 5.84. The second-order valence-corrected chi connectivity index (χ2v) is 8.73. The van der Waals surface area contributed by atoms with Crippen LogP contribution in [0.1, 0.15) is 17.9 Å². The first-order valence-corrected chi connectivity index (χ1v) is 12.1. The average Bonchev–Trinajstić information content (AvgIpc) is 3.38. The van der Waals surface area contributed by atoms with E-state index in [-0.39, 0.29) is 17.9 Å². The molecule has 0 fully saturated rings. The van der Waals surface area contributed by atoms with E-state index in [1.807, 2.05) is 80.0 Å². The summed E-state index contributed by atoms with van der Waals surface area (Å²) >= 11 is 0. The van der Waals surface area contributed by atoms with E-state index in [0.29, 0.717) is 32.0 Å². The Labute approximate surface area is 210 Å². The highest BCUT2D eigenvalue weighted by Gasteiger charge is 2.29. The van der Waals surface area contributed by atoms with E-state index in [2.05, 4.69) is 20.7 Å². The normalized spacial score (nSPS) is 17.6. The Morgan fingerprint density at radius 2 is 1.86 bits per heavy atom. The van der Waals surface area contributed by atoms with Gasteiger partial charge in [0, 0.05) is 36.1 Å². The molecule has 2 aliphatic heterocycles. The van der Waals surface area contributed by atoms with Crippen LogP contribution in [0, 0.1) is 0 Å². The van der Waals surface area contributed by atoms with Crippen LogP contribution in [0.3, 0.4) is 0 Å². The van der Waals surface area contributed by atoms with Gasteiger partial charge in [0.05, 0.1) is 37.5 Å². The number of rotatable bonds is 4. The zero-order valence-corrected chi connectivity index (χ0v) is 20.1. The van der Waals surface area contributed by atoms with Crippen LogP contribution in [0.4, 0.5) is 5.69 Å². The Bertz CT molecular complexity index is 1280. The molecule has 0 saturated heterocycles. The molecule has 0 aliphatic carbocycles. The molecule has 1 unspecified atom stereocenters. The summed E-state index contributed by atoms with van der Waals surface area (Å²) < 4.78 is 13.4. The number of fused-ring (bicyclic) bond motifs is 2. The third kappa shape index (κ3) is 5.49. The van der Waals surface area contributed by atoms with Gasteiger partial charge >= 0.3 is 0 Å². The van der Waals surface area contributed by atoms with Crippen molar-refractivity contribution in [3.63, 3.8) is 0 Å². The number of ether oxygens (including phenoxy) is 2. The number of hydrogen-bond donors (Lipinski definition) is 2. The van der Waals surface area contributed by atoms with Crippen LogP contribution < -0.4 is 20.1 Å². The minimum Gasteiger partial charge on any atom is -0.493 e. The first-order valence-electron chi connectivity index (χ1n) is 12.1. The molecule has 6 rings (SSSR count). The van der Waals surface area contributed by atoms with Crippen molar-refractivity contribution in [1.29, 1.82) is 0 Å². The lowest BCUT2D eigenvalue weighted by Crippen LogP contribution is -2.43. The number of benzene rings is 2. The lowest BCUT2D eigenvalue weighted by atomic mass is 9.92. The molecule has 2 atom stereocenters. The molecule has 2 aliphatic rings. The molecule has 0 bridgehead atoms. The summed E-state index contributed by atoms with van der Waals surface area (Å²) in [7, 11) is 1.88. The molecule has 184 valence electrons. The van der Waals surface area contributed by atoms with Crippen LogP contribution in [0.25, 0.3) is 11.1 Å². The summed E-state index contributed by atoms with van der Waals surface area (Å²) in [6.07, 6.45) is 6.01. The first-order chi connectivity index (χ1) is 17.7. The maximum atomic E-state index is 12.8. The zero-order valence-electron chi connectivity index (χ0n) is 20.1. The summed E-state index contributed by atoms with van der Waals surface area (Å²) in [5.74, 6) is 1.14. The second-order valence-electron chi connectivity index (χ2n) is 8.73. The van der Waals surface area contributed by atoms with Crippen molar-refractivity contribution in [2.24, 2.45) is 7.05 Å². The van der Waals surface area contributed by atoms with Crippen molar-refractivity contribution < 1.29 is 14.3 Å². The summed E-state index contributed by atoms with van der Waals surface area (Å²) in [5.41, 5.74) is 3.76. The van der Waals surface area contributed by atoms with Crippen molar-refractivity contribution in [1.82, 2.24) is 20.1 Å². The molecule has 4 aromatic rings. The number of carbonyl (C=O) groups is 1. The third-order valence-electron chi connectivity index (χ3n) is 6.13. The monoisotopic (exact) mass is 483 g/mol. The topological polar surface area (TPSA) is 90.3 Å². The summed E-state index contributed by atoms with van der Waals surface area (Å²) in [6.45, 7) is 1.56. The number of hydrogen-bond acceptors (Lipinski definition) is 6. The number of nitrogens with zero attached hydrogens (tertiary/aromatic N) is 3. The number of aryl methyl sites for hydroxylation is 1. The fourth-order valence-electron chi connectivity index (χ4n) is 4.28. The molecule has 4 heterocycles. The van der Waals surface area contributed by atoms with Crippen LogP contribution >= 0.6 is 0 Å². The fraction of sp³-hybridized carbons (Fsp3) is 0.250. The molecule has 2 N–H and O–H groups in total. The second kappa shape index (κ2) is 10.9. The van der Waals surface area contributed by atoms with Crippen LogP contribution in [-0.4, -0.2) is 46.5 Å². The highest BCUT2D eigenvalue weighted by atomic mass is 16.5. The standard InChI is InChI=1S/C22H23N5O3.C6H6/c1-27-13-15(10-26-27)14-8-19-22(25-9-14)30-16(11-23-19)12-24-21(28)18-6-7-29-20-5-3-2-4-17(18)20;1-2-4-6-5-3-1/h2-5,8-10,13,16,18,23H,6-7,11-12H2,1H3,(H,24,28);1-6H/t16-,18?;/m0./s1. The van der Waals surface area contributed by atoms with Crippen LogP contribution in [-0.2, 0) is 11.8 Å². The zero-order chi connectivity index (χ0) is 24.7. The van der Waals surface area contributed by atoms with E-state index in [0.717, 1.165) is 28.1 Å². The van der Waals surface area contributed by atoms with Crippen LogP contribution in [0.15, 0.2) is 85.3 Å². The molecule has 0 radical (unpaired) electrons. The molecular weight excluding hydrogens is 454 g/mol. The van der Waals surface area contributed by atoms with Gasteiger partial charge in [0.25, 0.3) is 0 Å². The van der Waals surface area contributed by atoms with E-state index >= 15 is 0 Å². The third-order valence-corrected chi connectivity index (χ3v) is 6.13. The largest absolute Gasteiger partial charge is 0.493 e. The molecule has 0 saturated carbocycles. The number of nitrogens with one attached hydrogen (secondary N) is 2. The number of carbonyl (C=O) groups excluding carboxylic acids is 1. The van der Waals surface area contributed by atoms with E-state index in [4.69, 9.17) is 9.47 Å². The van der Waals surface area contributed by atoms with Gasteiger partial charge in [0.15, 0.2) is 0 Å². The van der Waals surface area contributed by atoms with Gasteiger partial charge in [-0.05, 0) is 18.6 Å². The SMILES string of the molecule is Cn1cc(-c2cnc3c(c2)NC[C@@H](CNC(=O)C2CCOc4ccccc42)O3)cn1.c1ccccc1. The van der Waals surface area contributed by atoms with Gasteiger partial charge in [0.1, 0.15) is 11.9 Å². The van der Waals surface area contributed by atoms with Crippen molar-refractivity contribution in [3.8, 4) is 22.8 Å². The highest BCUT2D eigenvalue weighted by Crippen LogP contribution is 2.34. The van der Waals surface area contributed by atoms with Crippen molar-refractivity contribution >= 4 is 11.6 Å². The maximum Gasteiger partial charge on any atom is 0.237 e. The smallest absolute Gasteiger partial charge is 0.237 e. The predicted octanol–water partition coefficient (Wildman–Crippen LogP) is 4.02. The molecule has 0 spiro atoms. The lowest BCUT2D eigenvalue weighted by molar-refractivity contribution is -0.123. The molecule has 8 heteroatoms. The van der Waals surface area contributed by atoms with Crippen molar-refractivity contribution in [2.45, 2.75) is 18.4 Å².